The molecule has 6 heteroatoms. The maximum Gasteiger partial charge on any atom is 0.273 e. The van der Waals surface area contributed by atoms with Crippen molar-refractivity contribution in [1.29, 1.82) is 0 Å². The van der Waals surface area contributed by atoms with Crippen molar-refractivity contribution >= 4 is 11.7 Å². The number of carbonyl (C=O) groups excluding carboxylic acids is 1. The van der Waals surface area contributed by atoms with E-state index >= 15 is 0 Å². The van der Waals surface area contributed by atoms with Crippen LogP contribution >= 0.6 is 0 Å². The van der Waals surface area contributed by atoms with Crippen molar-refractivity contribution < 1.29 is 9.53 Å². The molecule has 0 radical (unpaired) electrons. The number of nitrogens with two attached hydrogens (primary N) is 1. The molecule has 0 bridgehead atoms. The molecule has 2 atom stereocenters. The van der Waals surface area contributed by atoms with Crippen molar-refractivity contribution in [3.63, 3.8) is 0 Å². The van der Waals surface area contributed by atoms with E-state index < -0.39 is 0 Å². The van der Waals surface area contributed by atoms with Gasteiger partial charge in [0.1, 0.15) is 0 Å². The van der Waals surface area contributed by atoms with Crippen LogP contribution in [0.15, 0.2) is 12.4 Å². The number of rotatable bonds is 5. The number of nitrogen functional groups attached to an aromatic ring is 1. The number of hydrogen-bond acceptors (Lipinski definition) is 5. The fraction of sp³-hybridized carbons (Fsp3) is 0.643. The summed E-state index contributed by atoms with van der Waals surface area (Å²) in [7, 11) is 1.73. The van der Waals surface area contributed by atoms with Gasteiger partial charge in [-0.2, -0.15) is 0 Å². The molecule has 0 saturated heterocycles. The highest BCUT2D eigenvalue weighted by Gasteiger charge is 2.53. The van der Waals surface area contributed by atoms with Gasteiger partial charge in [0.2, 0.25) is 0 Å². The summed E-state index contributed by atoms with van der Waals surface area (Å²) < 4.78 is 5.52. The smallest absolute Gasteiger partial charge is 0.273 e. The third-order valence-corrected chi connectivity index (χ3v) is 4.63. The van der Waals surface area contributed by atoms with Crippen molar-refractivity contribution in [2.75, 3.05) is 12.8 Å². The summed E-state index contributed by atoms with van der Waals surface area (Å²) in [5, 5.41) is 3.03. The molecule has 1 amide bonds. The molecule has 1 fully saturated rings. The maximum absolute atomic E-state index is 12.2. The first-order valence-corrected chi connectivity index (χ1v) is 6.99. The van der Waals surface area contributed by atoms with Crippen molar-refractivity contribution in [3.8, 4) is 0 Å². The normalized spacial score (nSPS) is 23.9. The zero-order chi connectivity index (χ0) is 14.8. The van der Waals surface area contributed by atoms with E-state index in [2.05, 4.69) is 29.1 Å². The first-order valence-electron chi connectivity index (χ1n) is 6.99. The first-order chi connectivity index (χ1) is 9.58. The van der Waals surface area contributed by atoms with Gasteiger partial charge in [0.25, 0.3) is 5.91 Å². The minimum Gasteiger partial charge on any atom is -0.382 e. The Labute approximate surface area is 119 Å². The number of aromatic nitrogens is 2. The fourth-order valence-corrected chi connectivity index (χ4v) is 3.23. The standard InChI is InChI=1S/C14H22N4O2/c1-4-14(5-2)9(8-10(14)20-3)18-13(19)11-12(15)17-7-6-16-11/h6-7,9-10H,4-5,8H2,1-3H3,(H2,15,17)(H,18,19). The quantitative estimate of drug-likeness (QED) is 0.849. The van der Waals surface area contributed by atoms with Crippen LogP contribution in [-0.2, 0) is 4.74 Å². The van der Waals surface area contributed by atoms with Gasteiger partial charge < -0.3 is 15.8 Å². The molecule has 1 aliphatic rings. The van der Waals surface area contributed by atoms with E-state index in [4.69, 9.17) is 10.5 Å². The van der Waals surface area contributed by atoms with E-state index in [1.54, 1.807) is 7.11 Å². The second-order valence-electron chi connectivity index (χ2n) is 5.22. The van der Waals surface area contributed by atoms with Crippen LogP contribution in [0.4, 0.5) is 5.82 Å². The summed E-state index contributed by atoms with van der Waals surface area (Å²) in [6.45, 7) is 4.26. The minimum atomic E-state index is -0.263. The molecule has 0 aliphatic heterocycles. The van der Waals surface area contributed by atoms with E-state index in [-0.39, 0.29) is 35.0 Å². The van der Waals surface area contributed by atoms with E-state index in [1.165, 1.54) is 12.4 Å². The van der Waals surface area contributed by atoms with Gasteiger partial charge in [-0.25, -0.2) is 9.97 Å². The molecule has 0 aromatic carbocycles. The lowest BCUT2D eigenvalue weighted by Crippen LogP contribution is -2.64. The Morgan fingerprint density at radius 3 is 2.65 bits per heavy atom. The highest BCUT2D eigenvalue weighted by atomic mass is 16.5. The second-order valence-corrected chi connectivity index (χ2v) is 5.22. The molecule has 1 heterocycles. The van der Waals surface area contributed by atoms with Crippen molar-refractivity contribution in [2.45, 2.75) is 45.3 Å². The van der Waals surface area contributed by atoms with E-state index in [9.17, 15) is 4.79 Å². The average molecular weight is 278 g/mol. The molecule has 0 spiro atoms. The van der Waals surface area contributed by atoms with Crippen LogP contribution in [0.3, 0.4) is 0 Å². The SMILES string of the molecule is CCC1(CC)C(NC(=O)c2nccnc2N)CC1OC. The number of nitrogens with zero attached hydrogens (tertiary/aromatic N) is 2. The Morgan fingerprint density at radius 1 is 1.45 bits per heavy atom. The van der Waals surface area contributed by atoms with Crippen LogP contribution in [0.2, 0.25) is 0 Å². The Kier molecular flexibility index (Phi) is 4.23. The van der Waals surface area contributed by atoms with Gasteiger partial charge in [-0.3, -0.25) is 4.79 Å². The molecule has 20 heavy (non-hydrogen) atoms. The summed E-state index contributed by atoms with van der Waals surface area (Å²) in [4.78, 5) is 20.1. The maximum atomic E-state index is 12.2. The molecular formula is C14H22N4O2. The molecule has 110 valence electrons. The lowest BCUT2D eigenvalue weighted by Gasteiger charge is -2.55. The number of nitrogens with one attached hydrogen (secondary N) is 1. The van der Waals surface area contributed by atoms with E-state index in [0.29, 0.717) is 0 Å². The fourth-order valence-electron chi connectivity index (χ4n) is 3.23. The molecule has 2 unspecified atom stereocenters. The number of ether oxygens (including phenoxy) is 1. The largest absolute Gasteiger partial charge is 0.382 e. The van der Waals surface area contributed by atoms with Crippen molar-refractivity contribution in [3.05, 3.63) is 18.1 Å². The van der Waals surface area contributed by atoms with Crippen molar-refractivity contribution in [2.24, 2.45) is 5.41 Å². The van der Waals surface area contributed by atoms with Gasteiger partial charge in [0.05, 0.1) is 6.10 Å². The van der Waals surface area contributed by atoms with Gasteiger partial charge in [0.15, 0.2) is 11.5 Å². The Bertz CT molecular complexity index is 488. The topological polar surface area (TPSA) is 90.1 Å². The summed E-state index contributed by atoms with van der Waals surface area (Å²) in [5.41, 5.74) is 5.87. The summed E-state index contributed by atoms with van der Waals surface area (Å²) >= 11 is 0. The number of carbonyl (C=O) groups is 1. The first kappa shape index (κ1) is 14.7. The predicted molar refractivity (Wildman–Crippen MR) is 76.1 cm³/mol. The van der Waals surface area contributed by atoms with Gasteiger partial charge in [-0.1, -0.05) is 13.8 Å². The Hall–Kier alpha value is -1.69. The Balaban J connectivity index is 2.11. The van der Waals surface area contributed by atoms with E-state index in [0.717, 1.165) is 19.3 Å². The van der Waals surface area contributed by atoms with Crippen LogP contribution < -0.4 is 11.1 Å². The lowest BCUT2D eigenvalue weighted by molar-refractivity contribution is -0.120. The Morgan fingerprint density at radius 2 is 2.10 bits per heavy atom. The van der Waals surface area contributed by atoms with Crippen LogP contribution in [0.5, 0.6) is 0 Å². The zero-order valence-corrected chi connectivity index (χ0v) is 12.2. The number of anilines is 1. The van der Waals surface area contributed by atoms with E-state index in [1.807, 2.05) is 0 Å². The molecule has 1 aliphatic carbocycles. The average Bonchev–Trinajstić information content (AvgIpc) is 2.44. The lowest BCUT2D eigenvalue weighted by atomic mass is 9.58. The van der Waals surface area contributed by atoms with Gasteiger partial charge in [-0.15, -0.1) is 0 Å². The van der Waals surface area contributed by atoms with Gasteiger partial charge in [0, 0.05) is 31.0 Å². The van der Waals surface area contributed by atoms with Crippen molar-refractivity contribution in [1.82, 2.24) is 15.3 Å². The molecule has 3 N–H and O–H groups in total. The van der Waals surface area contributed by atoms with Crippen LogP contribution in [0, 0.1) is 5.41 Å². The molecule has 1 aromatic rings. The zero-order valence-electron chi connectivity index (χ0n) is 12.2. The summed E-state index contributed by atoms with van der Waals surface area (Å²) in [6, 6.07) is 0.0938. The highest BCUT2D eigenvalue weighted by molar-refractivity contribution is 5.96. The highest BCUT2D eigenvalue weighted by Crippen LogP contribution is 2.48. The predicted octanol–water partition coefficient (Wildman–Crippen LogP) is 1.38. The molecule has 6 nitrogen and oxygen atoms in total. The van der Waals surface area contributed by atoms with Crippen LogP contribution in [0.25, 0.3) is 0 Å². The summed E-state index contributed by atoms with van der Waals surface area (Å²) in [5.74, 6) is -0.104. The summed E-state index contributed by atoms with van der Waals surface area (Å²) in [6.07, 6.45) is 5.88. The molecule has 1 saturated carbocycles. The third kappa shape index (κ3) is 2.24. The molecule has 2 rings (SSSR count). The second kappa shape index (κ2) is 5.75. The van der Waals surface area contributed by atoms with Gasteiger partial charge >= 0.3 is 0 Å². The third-order valence-electron chi connectivity index (χ3n) is 4.63. The molecule has 1 aromatic heterocycles. The van der Waals surface area contributed by atoms with Gasteiger partial charge in [-0.05, 0) is 19.3 Å². The molecular weight excluding hydrogens is 256 g/mol. The number of methoxy groups -OCH3 is 1. The minimum absolute atomic E-state index is 0.00137. The number of amides is 1. The van der Waals surface area contributed by atoms with Crippen LogP contribution in [0.1, 0.15) is 43.6 Å². The monoisotopic (exact) mass is 278 g/mol. The van der Waals surface area contributed by atoms with Crippen LogP contribution in [-0.4, -0.2) is 35.1 Å². The number of hydrogen-bond donors (Lipinski definition) is 2.